The molecule has 0 unspecified atom stereocenters. The summed E-state index contributed by atoms with van der Waals surface area (Å²) in [5.74, 6) is -0.761. The second-order valence-electron chi connectivity index (χ2n) is 6.67. The molecule has 0 spiro atoms. The summed E-state index contributed by atoms with van der Waals surface area (Å²) in [4.78, 5) is 24.7. The molecule has 4 nitrogen and oxygen atoms in total. The third kappa shape index (κ3) is 1.70. The van der Waals surface area contributed by atoms with Gasteiger partial charge in [0.05, 0.1) is 18.1 Å². The van der Waals surface area contributed by atoms with Gasteiger partial charge in [-0.3, -0.25) is 4.79 Å². The van der Waals surface area contributed by atoms with E-state index in [-0.39, 0.29) is 17.3 Å². The number of hydrogen-bond acceptors (Lipinski definition) is 3. The molecule has 2 N–H and O–H groups in total. The molecule has 2 aliphatic carbocycles. The highest BCUT2D eigenvalue weighted by molar-refractivity contribution is 6.21. The van der Waals surface area contributed by atoms with E-state index in [1.165, 1.54) is 7.11 Å². The van der Waals surface area contributed by atoms with E-state index in [4.69, 9.17) is 10.5 Å². The van der Waals surface area contributed by atoms with Crippen LogP contribution in [0, 0.1) is 5.41 Å². The Balaban J connectivity index is 2.37. The molecule has 0 saturated heterocycles. The van der Waals surface area contributed by atoms with Crippen LogP contribution in [-0.4, -0.2) is 19.0 Å². The van der Waals surface area contributed by atoms with Gasteiger partial charge in [-0.25, -0.2) is 4.79 Å². The molecule has 1 amide bonds. The van der Waals surface area contributed by atoms with E-state index >= 15 is 0 Å². The first-order valence-electron chi connectivity index (χ1n) is 7.59. The lowest BCUT2D eigenvalue weighted by atomic mass is 9.58. The minimum Gasteiger partial charge on any atom is -0.465 e. The molecule has 3 rings (SSSR count). The first-order valence-corrected chi connectivity index (χ1v) is 7.59. The number of rotatable bonds is 2. The van der Waals surface area contributed by atoms with Crippen LogP contribution in [0.4, 0.5) is 0 Å². The van der Waals surface area contributed by atoms with Crippen molar-refractivity contribution in [3.05, 3.63) is 41.0 Å². The zero-order valence-corrected chi connectivity index (χ0v) is 13.2. The number of esters is 1. The Morgan fingerprint density at radius 3 is 2.50 bits per heavy atom. The van der Waals surface area contributed by atoms with E-state index in [0.29, 0.717) is 12.0 Å². The van der Waals surface area contributed by atoms with Crippen molar-refractivity contribution < 1.29 is 14.3 Å². The number of amides is 1. The Bertz CT molecular complexity index is 706. The van der Waals surface area contributed by atoms with Gasteiger partial charge in [-0.15, -0.1) is 0 Å². The second-order valence-corrected chi connectivity index (χ2v) is 6.67. The van der Waals surface area contributed by atoms with Crippen molar-refractivity contribution in [2.24, 2.45) is 11.1 Å². The number of hydrogen-bond donors (Lipinski definition) is 1. The van der Waals surface area contributed by atoms with Gasteiger partial charge in [0.15, 0.2) is 0 Å². The maximum atomic E-state index is 12.5. The average Bonchev–Trinajstić information content (AvgIpc) is 2.77. The van der Waals surface area contributed by atoms with E-state index in [1.54, 1.807) is 0 Å². The Hall–Kier alpha value is -2.10. The number of carbonyl (C=O) groups is 2. The molecule has 4 heteroatoms. The lowest BCUT2D eigenvalue weighted by molar-refractivity contribution is -0.133. The van der Waals surface area contributed by atoms with Crippen LogP contribution >= 0.6 is 0 Å². The molecule has 22 heavy (non-hydrogen) atoms. The first kappa shape index (κ1) is 14.8. The van der Waals surface area contributed by atoms with E-state index in [9.17, 15) is 9.59 Å². The minimum atomic E-state index is -0.810. The molecule has 2 atom stereocenters. The number of benzene rings is 1. The van der Waals surface area contributed by atoms with E-state index in [2.05, 4.69) is 6.92 Å². The molecule has 1 aromatic carbocycles. The Labute approximate surface area is 130 Å². The van der Waals surface area contributed by atoms with Crippen LogP contribution in [0.2, 0.25) is 0 Å². The quantitative estimate of drug-likeness (QED) is 0.853. The van der Waals surface area contributed by atoms with Crippen molar-refractivity contribution in [1.29, 1.82) is 0 Å². The van der Waals surface area contributed by atoms with Crippen LogP contribution in [0.15, 0.2) is 29.8 Å². The van der Waals surface area contributed by atoms with Gasteiger partial charge in [-0.2, -0.15) is 0 Å². The number of ether oxygens (including phenoxy) is 1. The summed E-state index contributed by atoms with van der Waals surface area (Å²) in [5, 5.41) is 0. The molecule has 1 saturated carbocycles. The molecule has 0 aliphatic heterocycles. The van der Waals surface area contributed by atoms with Crippen molar-refractivity contribution in [1.82, 2.24) is 0 Å². The summed E-state index contributed by atoms with van der Waals surface area (Å²) in [6.07, 6.45) is 2.48. The predicted molar refractivity (Wildman–Crippen MR) is 83.9 cm³/mol. The third-order valence-electron chi connectivity index (χ3n) is 5.43. The van der Waals surface area contributed by atoms with Gasteiger partial charge in [0.25, 0.3) is 0 Å². The van der Waals surface area contributed by atoms with Gasteiger partial charge in [-0.1, -0.05) is 37.6 Å². The number of fused-ring (bicyclic) bond motifs is 3. The average molecular weight is 299 g/mol. The molecule has 0 aromatic heterocycles. The van der Waals surface area contributed by atoms with Gasteiger partial charge in [0.1, 0.15) is 0 Å². The zero-order valence-electron chi connectivity index (χ0n) is 13.2. The number of nitrogens with two attached hydrogens (primary N) is 1. The molecule has 1 fully saturated rings. The van der Waals surface area contributed by atoms with E-state index < -0.39 is 5.41 Å². The molecule has 116 valence electrons. The standard InChI is InChI=1S/C18H21NO3/c1-17-9-6-10-18(2,16(19)21)14(17)13(15(20)22-3)11-7-4-5-8-12(11)17/h4-5,7-8H,6,9-10H2,1-3H3,(H2,19,21)/t17-,18+/m0/s1. The van der Waals surface area contributed by atoms with Crippen molar-refractivity contribution in [3.8, 4) is 0 Å². The highest BCUT2D eigenvalue weighted by Gasteiger charge is 2.55. The van der Waals surface area contributed by atoms with Crippen LogP contribution < -0.4 is 5.73 Å². The zero-order chi connectivity index (χ0) is 16.1. The van der Waals surface area contributed by atoms with Gasteiger partial charge >= 0.3 is 5.97 Å². The van der Waals surface area contributed by atoms with Crippen molar-refractivity contribution in [3.63, 3.8) is 0 Å². The second kappa shape index (κ2) is 4.70. The molecule has 2 aliphatic rings. The fraction of sp³-hybridized carbons (Fsp3) is 0.444. The van der Waals surface area contributed by atoms with Crippen LogP contribution in [0.1, 0.15) is 44.2 Å². The van der Waals surface area contributed by atoms with Crippen molar-refractivity contribution >= 4 is 17.4 Å². The number of carbonyl (C=O) groups excluding carboxylic acids is 2. The maximum absolute atomic E-state index is 12.5. The Morgan fingerprint density at radius 1 is 1.18 bits per heavy atom. The topological polar surface area (TPSA) is 69.4 Å². The van der Waals surface area contributed by atoms with Crippen molar-refractivity contribution in [2.45, 2.75) is 38.5 Å². The molecule has 0 radical (unpaired) electrons. The van der Waals surface area contributed by atoms with Crippen LogP contribution in [0.3, 0.4) is 0 Å². The monoisotopic (exact) mass is 299 g/mol. The summed E-state index contributed by atoms with van der Waals surface area (Å²) in [6, 6.07) is 7.85. The predicted octanol–water partition coefficient (Wildman–Crippen LogP) is 2.56. The third-order valence-corrected chi connectivity index (χ3v) is 5.43. The lowest BCUT2D eigenvalue weighted by Crippen LogP contribution is -2.45. The van der Waals surface area contributed by atoms with Gasteiger partial charge < -0.3 is 10.5 Å². The van der Waals surface area contributed by atoms with Crippen LogP contribution in [-0.2, 0) is 19.7 Å². The normalized spacial score (nSPS) is 29.8. The molecule has 1 aromatic rings. The van der Waals surface area contributed by atoms with Crippen LogP contribution in [0.25, 0.3) is 5.57 Å². The number of primary amides is 1. The van der Waals surface area contributed by atoms with Crippen molar-refractivity contribution in [2.75, 3.05) is 7.11 Å². The van der Waals surface area contributed by atoms with Crippen LogP contribution in [0.5, 0.6) is 0 Å². The van der Waals surface area contributed by atoms with Gasteiger partial charge in [-0.05, 0) is 36.5 Å². The lowest BCUT2D eigenvalue weighted by Gasteiger charge is -2.44. The molecular weight excluding hydrogens is 278 g/mol. The SMILES string of the molecule is COC(=O)C1=C2[C@](C)(C(N)=O)CCC[C@@]2(C)c2ccccc21. The highest BCUT2D eigenvalue weighted by atomic mass is 16.5. The summed E-state index contributed by atoms with van der Waals surface area (Å²) in [6.45, 7) is 3.97. The summed E-state index contributed by atoms with van der Waals surface area (Å²) in [5.41, 5.74) is 7.93. The Morgan fingerprint density at radius 2 is 1.86 bits per heavy atom. The maximum Gasteiger partial charge on any atom is 0.338 e. The smallest absolute Gasteiger partial charge is 0.338 e. The fourth-order valence-electron chi connectivity index (χ4n) is 4.35. The molecule has 0 bridgehead atoms. The van der Waals surface area contributed by atoms with Gasteiger partial charge in [0.2, 0.25) is 5.91 Å². The van der Waals surface area contributed by atoms with E-state index in [0.717, 1.165) is 29.5 Å². The first-order chi connectivity index (χ1) is 10.4. The van der Waals surface area contributed by atoms with Gasteiger partial charge in [0, 0.05) is 5.41 Å². The summed E-state index contributed by atoms with van der Waals surface area (Å²) in [7, 11) is 1.37. The van der Waals surface area contributed by atoms with E-state index in [1.807, 2.05) is 31.2 Å². The summed E-state index contributed by atoms with van der Waals surface area (Å²) < 4.78 is 5.01. The largest absolute Gasteiger partial charge is 0.465 e. The Kier molecular flexibility index (Phi) is 3.17. The highest BCUT2D eigenvalue weighted by Crippen LogP contribution is 2.59. The summed E-state index contributed by atoms with van der Waals surface area (Å²) >= 11 is 0. The number of methoxy groups -OCH3 is 1. The molecular formula is C18H21NO3. The molecule has 0 heterocycles. The minimum absolute atomic E-state index is 0.331. The fourth-order valence-corrected chi connectivity index (χ4v) is 4.35.